The zero-order valence-corrected chi connectivity index (χ0v) is 15.0. The molecule has 0 aliphatic carbocycles. The molecule has 0 aliphatic heterocycles. The van der Waals surface area contributed by atoms with Crippen LogP contribution in [0, 0.1) is 0 Å². The Bertz CT molecular complexity index is 13.5. The normalized spacial score (nSPS) is 0. The van der Waals surface area contributed by atoms with Crippen molar-refractivity contribution in [2.24, 2.45) is 0 Å². The van der Waals surface area contributed by atoms with Gasteiger partial charge in [0.05, 0.1) is 0 Å². The number of rotatable bonds is 0. The van der Waals surface area contributed by atoms with Gasteiger partial charge in [0.25, 0.3) is 0 Å². The van der Waals surface area contributed by atoms with Crippen molar-refractivity contribution in [3.05, 3.63) is 0 Å². The molecule has 6 heavy (non-hydrogen) atoms. The van der Waals surface area contributed by atoms with Crippen molar-refractivity contribution in [2.45, 2.75) is 0 Å². The van der Waals surface area contributed by atoms with Gasteiger partial charge in [-0.3, -0.25) is 0 Å². The summed E-state index contributed by atoms with van der Waals surface area (Å²) >= 11 is 0. The Kier molecular flexibility index (Phi) is 308. The van der Waals surface area contributed by atoms with Crippen molar-refractivity contribution in [1.29, 1.82) is 0 Å². The van der Waals surface area contributed by atoms with E-state index < -0.39 is 0 Å². The van der Waals surface area contributed by atoms with Crippen LogP contribution in [0.5, 0.6) is 0 Å². The third-order valence-corrected chi connectivity index (χ3v) is 0. The summed E-state index contributed by atoms with van der Waals surface area (Å²) < 4.78 is 0. The van der Waals surface area contributed by atoms with Gasteiger partial charge >= 0.3 is 120 Å². The van der Waals surface area contributed by atoms with Gasteiger partial charge in [0.2, 0.25) is 0 Å². The molecule has 4 radical (unpaired) electrons. The Morgan fingerprint density at radius 2 is 0.833 bits per heavy atom. The molecule has 0 amide bonds. The van der Waals surface area contributed by atoms with Crippen molar-refractivity contribution in [3.63, 3.8) is 0 Å². The Labute approximate surface area is 123 Å². The second-order valence-corrected chi connectivity index (χ2v) is 0. The summed E-state index contributed by atoms with van der Waals surface area (Å²) in [6, 6.07) is 0. The Morgan fingerprint density at radius 3 is 0.833 bits per heavy atom. The van der Waals surface area contributed by atoms with E-state index in [4.69, 9.17) is 0 Å². The number of hydrogen-bond donors (Lipinski definition) is 0. The molecular formula is BiMgOPbTi2+13. The maximum Gasteiger partial charge on any atom is 4.00 e. The standard InChI is InChI=1S/Bi.Mg.O.Pb.2Ti/q+3;+2;-2;+2;2*+4. The minimum atomic E-state index is 0. The summed E-state index contributed by atoms with van der Waals surface area (Å²) in [5, 5.41) is 0. The first-order chi connectivity index (χ1) is 0. The summed E-state index contributed by atoms with van der Waals surface area (Å²) in [5.74, 6) is 0. The molecule has 0 rings (SSSR count). The van der Waals surface area contributed by atoms with Gasteiger partial charge in [-0.05, 0) is 0 Å². The minimum absolute atomic E-state index is 0. The third kappa shape index (κ3) is 24.6. The largest absolute Gasteiger partial charge is 4.00 e. The SMILES string of the molecule is [Bi+3].[Mg+2].[O-2].[Pb+2].[Ti+4].[Ti+4]. The predicted molar refractivity (Wildman–Crippen MR) is 17.9 cm³/mol. The zero-order chi connectivity index (χ0) is 0. The molecule has 0 spiro atoms. The van der Waals surface area contributed by atoms with Gasteiger partial charge in [0.1, 0.15) is 0 Å². The molecule has 0 heterocycles. The van der Waals surface area contributed by atoms with Crippen LogP contribution in [0.15, 0.2) is 0 Å². The summed E-state index contributed by atoms with van der Waals surface area (Å²) in [5.41, 5.74) is 0. The predicted octanol–water partition coefficient (Wildman–Crippen LogP) is -1.27. The molecule has 0 atom stereocenters. The van der Waals surface area contributed by atoms with Crippen LogP contribution in [-0.4, -0.2) is 76.6 Å². The molecule has 12 valence electrons. The van der Waals surface area contributed by atoms with E-state index in [0.717, 1.165) is 0 Å². The van der Waals surface area contributed by atoms with Gasteiger partial charge in [-0.15, -0.1) is 0 Å². The molecule has 0 aromatic carbocycles. The van der Waals surface area contributed by atoms with Crippen molar-refractivity contribution >= 4 is 76.6 Å². The quantitative estimate of drug-likeness (QED) is 0.336. The molecule has 0 aromatic rings. The first kappa shape index (κ1) is 51.0. The summed E-state index contributed by atoms with van der Waals surface area (Å²) in [4.78, 5) is 0. The average Bonchev–Trinajstić information content (AvgIpc) is 0. The molecule has 6 heteroatoms. The van der Waals surface area contributed by atoms with Gasteiger partial charge in [0, 0.05) is 0 Å². The first-order valence-electron chi connectivity index (χ1n) is 0. The molecule has 1 nitrogen and oxygen atoms in total. The van der Waals surface area contributed by atoms with E-state index in [1.807, 2.05) is 0 Å². The fourth-order valence-electron chi connectivity index (χ4n) is 0. The van der Waals surface area contributed by atoms with Crippen molar-refractivity contribution in [2.75, 3.05) is 0 Å². The van der Waals surface area contributed by atoms with Crippen LogP contribution in [0.1, 0.15) is 0 Å². The first-order valence-corrected chi connectivity index (χ1v) is 0. The van der Waals surface area contributed by atoms with E-state index in [0.29, 0.717) is 0 Å². The zero-order valence-electron chi connectivity index (χ0n) is 3.06. The topological polar surface area (TPSA) is 28.5 Å². The third-order valence-electron chi connectivity index (χ3n) is 0. The van der Waals surface area contributed by atoms with Crippen molar-refractivity contribution in [3.8, 4) is 0 Å². The summed E-state index contributed by atoms with van der Waals surface area (Å²) in [6.07, 6.45) is 0. The molecule has 0 aromatic heterocycles. The van der Waals surface area contributed by atoms with Gasteiger partial charge in [-0.25, -0.2) is 0 Å². The fourth-order valence-corrected chi connectivity index (χ4v) is 0. The molecule has 0 fully saturated rings. The van der Waals surface area contributed by atoms with Crippen LogP contribution in [0.4, 0.5) is 0 Å². The fraction of sp³-hybridized carbons (Fsp3) is 0. The molecule has 0 aliphatic rings. The van der Waals surface area contributed by atoms with E-state index >= 15 is 0 Å². The average molecular weight is 552 g/mol. The Hall–Kier alpha value is 3.96. The Balaban J connectivity index is 0. The second-order valence-electron chi connectivity index (χ2n) is 0. The van der Waals surface area contributed by atoms with Crippen LogP contribution >= 0.6 is 0 Å². The van der Waals surface area contributed by atoms with Crippen LogP contribution < -0.4 is 0 Å². The van der Waals surface area contributed by atoms with Crippen LogP contribution in [0.3, 0.4) is 0 Å². The van der Waals surface area contributed by atoms with Crippen molar-refractivity contribution < 1.29 is 48.9 Å². The second kappa shape index (κ2) is 36.2. The minimum Gasteiger partial charge on any atom is -2.00 e. The smallest absolute Gasteiger partial charge is 2.00 e. The summed E-state index contributed by atoms with van der Waals surface area (Å²) in [6.45, 7) is 0. The van der Waals surface area contributed by atoms with E-state index in [-0.39, 0.29) is 125 Å². The van der Waals surface area contributed by atoms with Crippen LogP contribution in [0.2, 0.25) is 0 Å². The molecule has 0 N–H and O–H groups in total. The molecule has 0 saturated heterocycles. The maximum absolute atomic E-state index is 0. The molecule has 0 bridgehead atoms. The van der Waals surface area contributed by atoms with Gasteiger partial charge in [-0.2, -0.15) is 0 Å². The van der Waals surface area contributed by atoms with Crippen LogP contribution in [-0.2, 0) is 48.9 Å². The van der Waals surface area contributed by atoms with Gasteiger partial charge in [-0.1, -0.05) is 0 Å². The molecule has 0 unspecified atom stereocenters. The Morgan fingerprint density at radius 1 is 0.833 bits per heavy atom. The monoisotopic (exact) mass is 553 g/mol. The number of hydrogen-bond acceptors (Lipinski definition) is 0. The van der Waals surface area contributed by atoms with E-state index in [2.05, 4.69) is 0 Å². The molecule has 0 saturated carbocycles. The van der Waals surface area contributed by atoms with E-state index in [1.165, 1.54) is 0 Å². The van der Waals surface area contributed by atoms with Crippen molar-refractivity contribution in [1.82, 2.24) is 0 Å². The molecular weight excluding hydrogens is 552 g/mol. The van der Waals surface area contributed by atoms with Gasteiger partial charge in [0.15, 0.2) is 0 Å². The maximum atomic E-state index is 0. The van der Waals surface area contributed by atoms with Gasteiger partial charge < -0.3 is 5.48 Å². The van der Waals surface area contributed by atoms with E-state index in [1.54, 1.807) is 0 Å². The van der Waals surface area contributed by atoms with Crippen LogP contribution in [0.25, 0.3) is 0 Å². The van der Waals surface area contributed by atoms with E-state index in [9.17, 15) is 0 Å². The summed E-state index contributed by atoms with van der Waals surface area (Å²) in [7, 11) is 0.